The summed E-state index contributed by atoms with van der Waals surface area (Å²) in [6.07, 6.45) is 3.53. The van der Waals surface area contributed by atoms with Crippen LogP contribution in [0.5, 0.6) is 0 Å². The average Bonchev–Trinajstić information content (AvgIpc) is 2.69. The summed E-state index contributed by atoms with van der Waals surface area (Å²) >= 11 is 0. The SMILES string of the molecule is Cc1c(C(=O)O)nnn1C=Cc1ccccc1. The van der Waals surface area contributed by atoms with E-state index in [1.165, 1.54) is 4.68 Å². The van der Waals surface area contributed by atoms with Crippen molar-refractivity contribution >= 4 is 18.2 Å². The third-order valence-corrected chi connectivity index (χ3v) is 2.34. The summed E-state index contributed by atoms with van der Waals surface area (Å²) in [7, 11) is 0. The maximum absolute atomic E-state index is 10.8. The van der Waals surface area contributed by atoms with Crippen molar-refractivity contribution in [3.05, 3.63) is 47.3 Å². The Morgan fingerprint density at radius 1 is 1.35 bits per heavy atom. The number of aromatic nitrogens is 3. The zero-order valence-electron chi connectivity index (χ0n) is 9.24. The van der Waals surface area contributed by atoms with Gasteiger partial charge in [0.05, 0.1) is 5.69 Å². The Kier molecular flexibility index (Phi) is 3.00. The van der Waals surface area contributed by atoms with E-state index in [-0.39, 0.29) is 5.69 Å². The van der Waals surface area contributed by atoms with Crippen LogP contribution in [0, 0.1) is 6.92 Å². The second kappa shape index (κ2) is 4.61. The highest BCUT2D eigenvalue weighted by molar-refractivity contribution is 5.86. The van der Waals surface area contributed by atoms with Crippen LogP contribution in [0.4, 0.5) is 0 Å². The molecule has 1 aromatic heterocycles. The predicted molar refractivity (Wildman–Crippen MR) is 63.4 cm³/mol. The minimum absolute atomic E-state index is 0.0253. The van der Waals surface area contributed by atoms with E-state index >= 15 is 0 Å². The van der Waals surface area contributed by atoms with Gasteiger partial charge in [-0.2, -0.15) is 0 Å². The molecule has 5 heteroatoms. The van der Waals surface area contributed by atoms with Gasteiger partial charge in [-0.3, -0.25) is 0 Å². The number of carboxylic acid groups (broad SMARTS) is 1. The van der Waals surface area contributed by atoms with Crippen molar-refractivity contribution in [2.75, 3.05) is 0 Å². The molecule has 0 fully saturated rings. The van der Waals surface area contributed by atoms with Crippen molar-refractivity contribution < 1.29 is 9.90 Å². The van der Waals surface area contributed by atoms with E-state index in [9.17, 15) is 4.79 Å². The number of carboxylic acids is 1. The van der Waals surface area contributed by atoms with Crippen molar-refractivity contribution in [2.45, 2.75) is 6.92 Å². The van der Waals surface area contributed by atoms with Gasteiger partial charge in [0.2, 0.25) is 0 Å². The molecule has 0 aliphatic heterocycles. The number of aromatic carboxylic acids is 1. The molecular weight excluding hydrogens is 218 g/mol. The van der Waals surface area contributed by atoms with E-state index in [1.54, 1.807) is 13.1 Å². The Morgan fingerprint density at radius 3 is 2.65 bits per heavy atom. The maximum Gasteiger partial charge on any atom is 0.358 e. The van der Waals surface area contributed by atoms with Gasteiger partial charge >= 0.3 is 5.97 Å². The standard InChI is InChI=1S/C12H11N3O2/c1-9-11(12(16)17)13-14-15(9)8-7-10-5-3-2-4-6-10/h2-8H,1H3,(H,16,17). The molecule has 0 aliphatic rings. The van der Waals surface area contributed by atoms with Gasteiger partial charge in [-0.05, 0) is 18.6 Å². The van der Waals surface area contributed by atoms with E-state index < -0.39 is 5.97 Å². The summed E-state index contributed by atoms with van der Waals surface area (Å²) in [5, 5.41) is 16.2. The summed E-state index contributed by atoms with van der Waals surface area (Å²) < 4.78 is 1.44. The molecule has 0 saturated heterocycles. The van der Waals surface area contributed by atoms with Gasteiger partial charge < -0.3 is 5.11 Å². The molecule has 0 radical (unpaired) electrons. The zero-order chi connectivity index (χ0) is 12.3. The van der Waals surface area contributed by atoms with E-state index in [4.69, 9.17) is 5.11 Å². The molecule has 1 heterocycles. The van der Waals surface area contributed by atoms with Gasteiger partial charge in [0.25, 0.3) is 0 Å². The first kappa shape index (κ1) is 11.1. The molecule has 86 valence electrons. The molecule has 0 aliphatic carbocycles. The molecule has 0 bridgehead atoms. The van der Waals surface area contributed by atoms with Gasteiger partial charge in [0.1, 0.15) is 0 Å². The topological polar surface area (TPSA) is 68.0 Å². The zero-order valence-corrected chi connectivity index (χ0v) is 9.24. The van der Waals surface area contributed by atoms with Crippen LogP contribution in [-0.4, -0.2) is 26.1 Å². The van der Waals surface area contributed by atoms with Crippen molar-refractivity contribution in [1.29, 1.82) is 0 Å². The van der Waals surface area contributed by atoms with E-state index in [0.29, 0.717) is 5.69 Å². The summed E-state index contributed by atoms with van der Waals surface area (Å²) in [6.45, 7) is 1.67. The van der Waals surface area contributed by atoms with E-state index in [0.717, 1.165) is 5.56 Å². The van der Waals surface area contributed by atoms with Crippen LogP contribution in [0.15, 0.2) is 30.3 Å². The lowest BCUT2D eigenvalue weighted by Gasteiger charge is -1.95. The van der Waals surface area contributed by atoms with Crippen LogP contribution in [-0.2, 0) is 0 Å². The smallest absolute Gasteiger partial charge is 0.358 e. The molecular formula is C12H11N3O2. The van der Waals surface area contributed by atoms with Gasteiger partial charge in [-0.15, -0.1) is 5.10 Å². The molecule has 2 aromatic rings. The van der Waals surface area contributed by atoms with E-state index in [1.807, 2.05) is 36.4 Å². The van der Waals surface area contributed by atoms with Crippen LogP contribution in [0.1, 0.15) is 21.7 Å². The highest BCUT2D eigenvalue weighted by Gasteiger charge is 2.13. The molecule has 2 rings (SSSR count). The third-order valence-electron chi connectivity index (χ3n) is 2.34. The predicted octanol–water partition coefficient (Wildman–Crippen LogP) is 1.91. The molecule has 0 spiro atoms. The lowest BCUT2D eigenvalue weighted by Crippen LogP contribution is -2.00. The number of benzene rings is 1. The Balaban J connectivity index is 2.25. The molecule has 0 saturated carbocycles. The molecule has 0 unspecified atom stereocenters. The molecule has 1 N–H and O–H groups in total. The number of hydrogen-bond acceptors (Lipinski definition) is 3. The first-order valence-electron chi connectivity index (χ1n) is 5.07. The minimum atomic E-state index is -1.07. The van der Waals surface area contributed by atoms with Crippen LogP contribution >= 0.6 is 0 Å². The second-order valence-corrected chi connectivity index (χ2v) is 3.50. The highest BCUT2D eigenvalue weighted by Crippen LogP contribution is 2.06. The number of rotatable bonds is 3. The fourth-order valence-electron chi connectivity index (χ4n) is 1.40. The first-order chi connectivity index (χ1) is 8.18. The van der Waals surface area contributed by atoms with Crippen molar-refractivity contribution in [3.63, 3.8) is 0 Å². The average molecular weight is 229 g/mol. The van der Waals surface area contributed by atoms with Gasteiger partial charge in [-0.25, -0.2) is 9.48 Å². The fraction of sp³-hybridized carbons (Fsp3) is 0.0833. The number of carbonyl (C=O) groups is 1. The largest absolute Gasteiger partial charge is 0.476 e. The normalized spacial score (nSPS) is 10.9. The number of hydrogen-bond donors (Lipinski definition) is 1. The Hall–Kier alpha value is -2.43. The van der Waals surface area contributed by atoms with Crippen LogP contribution in [0.3, 0.4) is 0 Å². The van der Waals surface area contributed by atoms with Gasteiger partial charge in [0.15, 0.2) is 5.69 Å². The number of nitrogens with zero attached hydrogens (tertiary/aromatic N) is 3. The summed E-state index contributed by atoms with van der Waals surface area (Å²) in [5.41, 5.74) is 1.49. The third kappa shape index (κ3) is 2.39. The Labute approximate surface area is 98.0 Å². The van der Waals surface area contributed by atoms with Crippen molar-refractivity contribution in [2.24, 2.45) is 0 Å². The Morgan fingerprint density at radius 2 is 2.06 bits per heavy atom. The minimum Gasteiger partial charge on any atom is -0.476 e. The monoisotopic (exact) mass is 229 g/mol. The van der Waals surface area contributed by atoms with Crippen molar-refractivity contribution in [1.82, 2.24) is 15.0 Å². The first-order valence-corrected chi connectivity index (χ1v) is 5.07. The quantitative estimate of drug-likeness (QED) is 0.872. The summed E-state index contributed by atoms with van der Waals surface area (Å²) in [4.78, 5) is 10.8. The fourth-order valence-corrected chi connectivity index (χ4v) is 1.40. The van der Waals surface area contributed by atoms with Gasteiger partial charge in [0, 0.05) is 6.20 Å². The molecule has 1 aromatic carbocycles. The molecule has 5 nitrogen and oxygen atoms in total. The van der Waals surface area contributed by atoms with Crippen LogP contribution < -0.4 is 0 Å². The maximum atomic E-state index is 10.8. The lowest BCUT2D eigenvalue weighted by molar-refractivity contribution is 0.0689. The van der Waals surface area contributed by atoms with E-state index in [2.05, 4.69) is 10.3 Å². The lowest BCUT2D eigenvalue weighted by atomic mass is 10.2. The van der Waals surface area contributed by atoms with Crippen LogP contribution in [0.2, 0.25) is 0 Å². The molecule has 0 amide bonds. The Bertz CT molecular complexity index is 558. The van der Waals surface area contributed by atoms with Crippen LogP contribution in [0.25, 0.3) is 12.3 Å². The summed E-state index contributed by atoms with van der Waals surface area (Å²) in [6, 6.07) is 9.68. The highest BCUT2D eigenvalue weighted by atomic mass is 16.4. The molecule has 17 heavy (non-hydrogen) atoms. The second-order valence-electron chi connectivity index (χ2n) is 3.50. The van der Waals surface area contributed by atoms with Crippen molar-refractivity contribution in [3.8, 4) is 0 Å². The molecule has 0 atom stereocenters. The summed E-state index contributed by atoms with van der Waals surface area (Å²) in [5.74, 6) is -1.07. The van der Waals surface area contributed by atoms with Gasteiger partial charge in [-0.1, -0.05) is 35.5 Å².